The van der Waals surface area contributed by atoms with Crippen LogP contribution < -0.4 is 4.90 Å². The Kier molecular flexibility index (Phi) is 5.03. The number of carbonyl (C=O) groups is 1. The van der Waals surface area contributed by atoms with Crippen molar-refractivity contribution in [3.05, 3.63) is 17.4 Å². The van der Waals surface area contributed by atoms with Crippen molar-refractivity contribution in [2.24, 2.45) is 0 Å². The van der Waals surface area contributed by atoms with E-state index >= 15 is 0 Å². The first kappa shape index (κ1) is 18.7. The van der Waals surface area contributed by atoms with Gasteiger partial charge in [-0.1, -0.05) is 11.6 Å². The number of aromatic nitrogens is 3. The normalized spacial score (nSPS) is 20.1. The highest BCUT2D eigenvalue weighted by Crippen LogP contribution is 2.32. The van der Waals surface area contributed by atoms with Gasteiger partial charge in [0.25, 0.3) is 0 Å². The molecule has 1 saturated heterocycles. The molecule has 2 aromatic rings. The molecule has 3 heterocycles. The van der Waals surface area contributed by atoms with Gasteiger partial charge in [-0.15, -0.1) is 0 Å². The van der Waals surface area contributed by atoms with Gasteiger partial charge in [0.15, 0.2) is 5.82 Å². The average molecular weight is 380 g/mol. The molecule has 1 atom stereocenters. The molecular formula is C13H10ClF4N5O2. The molecule has 1 aliphatic rings. The van der Waals surface area contributed by atoms with Crippen LogP contribution in [0, 0.1) is 11.3 Å². The minimum absolute atomic E-state index is 0.0338. The van der Waals surface area contributed by atoms with Crippen LogP contribution in [0.4, 0.5) is 23.4 Å². The molecule has 3 rings (SSSR count). The molecular weight excluding hydrogens is 370 g/mol. The molecule has 1 aliphatic heterocycles. The number of anilines is 1. The first-order valence-corrected chi connectivity index (χ1v) is 7.08. The van der Waals surface area contributed by atoms with Crippen LogP contribution >= 0.6 is 11.6 Å². The van der Waals surface area contributed by atoms with Crippen molar-refractivity contribution in [2.45, 2.75) is 18.3 Å². The van der Waals surface area contributed by atoms with Gasteiger partial charge in [-0.25, -0.2) is 14.2 Å². The van der Waals surface area contributed by atoms with E-state index in [9.17, 15) is 17.6 Å². The molecule has 1 unspecified atom stereocenters. The number of H-pyrrole nitrogens is 1. The molecule has 2 N–H and O–H groups in total. The monoisotopic (exact) mass is 379 g/mol. The molecule has 134 valence electrons. The lowest BCUT2D eigenvalue weighted by Gasteiger charge is -2.15. The fourth-order valence-electron chi connectivity index (χ4n) is 2.16. The molecule has 1 fully saturated rings. The summed E-state index contributed by atoms with van der Waals surface area (Å²) in [5.74, 6) is -2.14. The zero-order valence-corrected chi connectivity index (χ0v) is 13.1. The van der Waals surface area contributed by atoms with Crippen LogP contribution in [-0.2, 0) is 4.79 Å². The lowest BCUT2D eigenvalue weighted by Crippen LogP contribution is -2.27. The average Bonchev–Trinajstić information content (AvgIpc) is 3.10. The van der Waals surface area contributed by atoms with Crippen LogP contribution in [0.25, 0.3) is 10.9 Å². The Morgan fingerprint density at radius 2 is 2.16 bits per heavy atom. The Labute approximate surface area is 142 Å². The number of nitriles is 1. The summed E-state index contributed by atoms with van der Waals surface area (Å²) in [6, 6.07) is 3.37. The van der Waals surface area contributed by atoms with Crippen molar-refractivity contribution >= 4 is 34.3 Å². The minimum atomic E-state index is -5.08. The number of pyridine rings is 1. The number of carboxylic acid groups (broad SMARTS) is 1. The quantitative estimate of drug-likeness (QED) is 0.583. The van der Waals surface area contributed by atoms with Crippen LogP contribution in [0.3, 0.4) is 0 Å². The molecule has 25 heavy (non-hydrogen) atoms. The highest BCUT2D eigenvalue weighted by molar-refractivity contribution is 6.30. The number of alkyl halides is 4. The number of fused-ring (bicyclic) bond motifs is 1. The third-order valence-electron chi connectivity index (χ3n) is 3.36. The second-order valence-electron chi connectivity index (χ2n) is 5.15. The Morgan fingerprint density at radius 3 is 2.68 bits per heavy atom. The first-order valence-electron chi connectivity index (χ1n) is 6.70. The SMILES string of the molecule is N#CC1(F)CCN(c2n[nH]c3cc(Cl)ncc23)C1.O=C(O)C(F)(F)F. The van der Waals surface area contributed by atoms with Gasteiger partial charge in [0.1, 0.15) is 11.2 Å². The Balaban J connectivity index is 0.000000277. The smallest absolute Gasteiger partial charge is 0.475 e. The summed E-state index contributed by atoms with van der Waals surface area (Å²) in [5, 5.41) is 24.0. The number of carboxylic acids is 1. The number of nitrogens with one attached hydrogen (secondary N) is 1. The van der Waals surface area contributed by atoms with E-state index < -0.39 is 17.8 Å². The van der Waals surface area contributed by atoms with Crippen LogP contribution in [-0.4, -0.2) is 51.2 Å². The number of rotatable bonds is 1. The van der Waals surface area contributed by atoms with Gasteiger partial charge in [-0.3, -0.25) is 5.10 Å². The predicted octanol–water partition coefficient (Wildman–Crippen LogP) is 2.69. The third-order valence-corrected chi connectivity index (χ3v) is 3.56. The standard InChI is InChI=1S/C11H9ClFN5.C2HF3O2/c12-9-3-8-7(4-15-9)10(17-16-8)18-2-1-11(13,5-14)6-18;3-2(4,5)1(6)7/h3-4H,1-2,6H2,(H,16,17);(H,6,7). The van der Waals surface area contributed by atoms with Gasteiger partial charge in [0.05, 0.1) is 17.4 Å². The molecule has 12 heteroatoms. The number of aromatic amines is 1. The molecule has 0 radical (unpaired) electrons. The van der Waals surface area contributed by atoms with Crippen LogP contribution in [0.2, 0.25) is 5.15 Å². The van der Waals surface area contributed by atoms with E-state index in [1.807, 2.05) is 0 Å². The van der Waals surface area contributed by atoms with Crippen molar-refractivity contribution in [1.82, 2.24) is 15.2 Å². The van der Waals surface area contributed by atoms with Gasteiger partial charge in [0.2, 0.25) is 5.67 Å². The molecule has 0 bridgehead atoms. The van der Waals surface area contributed by atoms with Crippen molar-refractivity contribution in [3.63, 3.8) is 0 Å². The van der Waals surface area contributed by atoms with Crippen LogP contribution in [0.15, 0.2) is 12.3 Å². The summed E-state index contributed by atoms with van der Waals surface area (Å²) < 4.78 is 45.6. The lowest BCUT2D eigenvalue weighted by molar-refractivity contribution is -0.192. The highest BCUT2D eigenvalue weighted by atomic mass is 35.5. The largest absolute Gasteiger partial charge is 0.490 e. The second-order valence-corrected chi connectivity index (χ2v) is 5.54. The fraction of sp³-hybridized carbons (Fsp3) is 0.385. The number of hydrogen-bond acceptors (Lipinski definition) is 5. The molecule has 7 nitrogen and oxygen atoms in total. The van der Waals surface area contributed by atoms with E-state index in [0.29, 0.717) is 17.5 Å². The topological polar surface area (TPSA) is 106 Å². The predicted molar refractivity (Wildman–Crippen MR) is 78.9 cm³/mol. The van der Waals surface area contributed by atoms with E-state index in [1.54, 1.807) is 23.2 Å². The molecule has 0 amide bonds. The molecule has 0 aliphatic carbocycles. The Hall–Kier alpha value is -2.61. The number of aliphatic carboxylic acids is 1. The number of nitrogens with zero attached hydrogens (tertiary/aromatic N) is 4. The van der Waals surface area contributed by atoms with E-state index in [-0.39, 0.29) is 13.0 Å². The summed E-state index contributed by atoms with van der Waals surface area (Å²) in [5.41, 5.74) is -1.04. The molecule has 0 spiro atoms. The highest BCUT2D eigenvalue weighted by Gasteiger charge is 2.40. The lowest BCUT2D eigenvalue weighted by atomic mass is 10.1. The van der Waals surface area contributed by atoms with E-state index in [0.717, 1.165) is 10.9 Å². The molecule has 0 aromatic carbocycles. The summed E-state index contributed by atoms with van der Waals surface area (Å²) in [4.78, 5) is 14.6. The fourth-order valence-corrected chi connectivity index (χ4v) is 2.32. The van der Waals surface area contributed by atoms with Crippen molar-refractivity contribution in [3.8, 4) is 6.07 Å². The maximum Gasteiger partial charge on any atom is 0.490 e. The second kappa shape index (κ2) is 6.72. The number of halogens is 5. The van der Waals surface area contributed by atoms with Gasteiger partial charge in [-0.2, -0.15) is 23.5 Å². The summed E-state index contributed by atoms with van der Waals surface area (Å²) in [6.07, 6.45) is -3.29. The summed E-state index contributed by atoms with van der Waals surface area (Å²) in [7, 11) is 0. The van der Waals surface area contributed by atoms with Crippen molar-refractivity contribution < 1.29 is 27.5 Å². The van der Waals surface area contributed by atoms with Crippen molar-refractivity contribution in [2.75, 3.05) is 18.0 Å². The van der Waals surface area contributed by atoms with Gasteiger partial charge in [-0.05, 0) is 0 Å². The van der Waals surface area contributed by atoms with Crippen LogP contribution in [0.5, 0.6) is 0 Å². The van der Waals surface area contributed by atoms with Crippen molar-refractivity contribution in [1.29, 1.82) is 5.26 Å². The van der Waals surface area contributed by atoms with Gasteiger partial charge < -0.3 is 10.0 Å². The molecule has 0 saturated carbocycles. The first-order chi connectivity index (χ1) is 11.6. The minimum Gasteiger partial charge on any atom is -0.475 e. The summed E-state index contributed by atoms with van der Waals surface area (Å²) >= 11 is 5.78. The van der Waals surface area contributed by atoms with Crippen LogP contribution in [0.1, 0.15) is 6.42 Å². The number of hydrogen-bond donors (Lipinski definition) is 2. The maximum absolute atomic E-state index is 13.9. The molecule has 2 aromatic heterocycles. The summed E-state index contributed by atoms with van der Waals surface area (Å²) in [6.45, 7) is 0.499. The van der Waals surface area contributed by atoms with E-state index in [2.05, 4.69) is 15.2 Å². The zero-order valence-electron chi connectivity index (χ0n) is 12.3. The van der Waals surface area contributed by atoms with Gasteiger partial charge in [0, 0.05) is 25.2 Å². The maximum atomic E-state index is 13.9. The third kappa shape index (κ3) is 4.27. The van der Waals surface area contributed by atoms with Gasteiger partial charge >= 0.3 is 12.1 Å². The van der Waals surface area contributed by atoms with E-state index in [1.165, 1.54) is 0 Å². The zero-order chi connectivity index (χ0) is 18.8. The van der Waals surface area contributed by atoms with E-state index in [4.69, 9.17) is 26.8 Å². The Morgan fingerprint density at radius 1 is 1.52 bits per heavy atom. The Bertz CT molecular complexity index is 834.